The molecule has 0 aliphatic carbocycles. The summed E-state index contributed by atoms with van der Waals surface area (Å²) in [6, 6.07) is 8.20. The van der Waals surface area contributed by atoms with Gasteiger partial charge in [-0.25, -0.2) is 0 Å². The first kappa shape index (κ1) is 16.8. The molecular weight excluding hydrogens is 274 g/mol. The Morgan fingerprint density at radius 2 is 1.86 bits per heavy atom. The Morgan fingerprint density at radius 1 is 1.23 bits per heavy atom. The topological polar surface area (TPSA) is 44.4 Å². The molecule has 2 N–H and O–H groups in total. The molecule has 1 aliphatic heterocycles. The van der Waals surface area contributed by atoms with E-state index in [0.717, 1.165) is 31.2 Å². The van der Waals surface area contributed by atoms with Gasteiger partial charge in [0.25, 0.3) is 0 Å². The van der Waals surface area contributed by atoms with E-state index in [-0.39, 0.29) is 5.91 Å². The number of amides is 1. The van der Waals surface area contributed by atoms with Gasteiger partial charge in [-0.2, -0.15) is 0 Å². The number of nitrogens with zero attached hydrogens (tertiary/aromatic N) is 1. The number of hydrogen-bond donors (Lipinski definition) is 2. The number of carbonyl (C=O) groups excluding carboxylic acids is 1. The Hall–Kier alpha value is -1.55. The minimum atomic E-state index is 0.0141. The second-order valence-electron chi connectivity index (χ2n) is 6.79. The van der Waals surface area contributed by atoms with Crippen LogP contribution in [0, 0.1) is 11.8 Å². The molecule has 0 atom stereocenters. The van der Waals surface area contributed by atoms with Crippen LogP contribution < -0.4 is 15.5 Å². The van der Waals surface area contributed by atoms with Crippen LogP contribution in [0.5, 0.6) is 0 Å². The SMILES string of the molecule is CC(C)CNCC(=O)Nc1ccc(N2CCC(C)CC2)cc1. The van der Waals surface area contributed by atoms with E-state index in [1.807, 2.05) is 12.1 Å². The van der Waals surface area contributed by atoms with Gasteiger partial charge in [-0.1, -0.05) is 20.8 Å². The highest BCUT2D eigenvalue weighted by atomic mass is 16.1. The maximum atomic E-state index is 11.8. The fourth-order valence-electron chi connectivity index (χ4n) is 2.70. The molecule has 1 saturated heterocycles. The summed E-state index contributed by atoms with van der Waals surface area (Å²) in [6.07, 6.45) is 2.53. The standard InChI is InChI=1S/C18H29N3O/c1-14(2)12-19-13-18(22)20-16-4-6-17(7-5-16)21-10-8-15(3)9-11-21/h4-7,14-15,19H,8-13H2,1-3H3,(H,20,22). The van der Waals surface area contributed by atoms with Gasteiger partial charge in [-0.3, -0.25) is 4.79 Å². The first-order valence-corrected chi connectivity index (χ1v) is 8.40. The largest absolute Gasteiger partial charge is 0.372 e. The van der Waals surface area contributed by atoms with Crippen molar-refractivity contribution in [2.45, 2.75) is 33.6 Å². The van der Waals surface area contributed by atoms with E-state index < -0.39 is 0 Å². The third kappa shape index (κ3) is 5.34. The maximum Gasteiger partial charge on any atom is 0.238 e. The average Bonchev–Trinajstić information content (AvgIpc) is 2.48. The molecule has 22 heavy (non-hydrogen) atoms. The van der Waals surface area contributed by atoms with E-state index in [4.69, 9.17) is 0 Å². The minimum Gasteiger partial charge on any atom is -0.372 e. The van der Waals surface area contributed by atoms with Gasteiger partial charge >= 0.3 is 0 Å². The number of anilines is 2. The number of hydrogen-bond acceptors (Lipinski definition) is 3. The van der Waals surface area contributed by atoms with Gasteiger partial charge < -0.3 is 15.5 Å². The van der Waals surface area contributed by atoms with Gasteiger partial charge in [0.1, 0.15) is 0 Å². The van der Waals surface area contributed by atoms with Gasteiger partial charge in [0.15, 0.2) is 0 Å². The van der Waals surface area contributed by atoms with Crippen molar-refractivity contribution in [3.63, 3.8) is 0 Å². The molecule has 0 spiro atoms. The number of rotatable bonds is 6. The highest BCUT2D eigenvalue weighted by Crippen LogP contribution is 2.24. The van der Waals surface area contributed by atoms with E-state index in [0.29, 0.717) is 12.5 Å². The molecule has 4 nitrogen and oxygen atoms in total. The molecule has 122 valence electrons. The summed E-state index contributed by atoms with van der Waals surface area (Å²) in [5.74, 6) is 1.41. The molecule has 0 unspecified atom stereocenters. The quantitative estimate of drug-likeness (QED) is 0.849. The molecule has 1 aliphatic rings. The molecule has 0 radical (unpaired) electrons. The van der Waals surface area contributed by atoms with Gasteiger partial charge in [0, 0.05) is 24.5 Å². The summed E-state index contributed by atoms with van der Waals surface area (Å²) in [5.41, 5.74) is 2.12. The zero-order valence-electron chi connectivity index (χ0n) is 14.1. The Morgan fingerprint density at radius 3 is 2.45 bits per heavy atom. The zero-order valence-corrected chi connectivity index (χ0v) is 14.1. The predicted molar refractivity (Wildman–Crippen MR) is 93.4 cm³/mol. The first-order valence-electron chi connectivity index (χ1n) is 8.40. The summed E-state index contributed by atoms with van der Waals surface area (Å²) in [6.45, 7) is 10.1. The van der Waals surface area contributed by atoms with Gasteiger partial charge in [-0.05, 0) is 55.5 Å². The molecule has 1 amide bonds. The highest BCUT2D eigenvalue weighted by Gasteiger charge is 2.15. The van der Waals surface area contributed by atoms with Crippen molar-refractivity contribution in [3.05, 3.63) is 24.3 Å². The molecule has 1 fully saturated rings. The third-order valence-electron chi connectivity index (χ3n) is 4.14. The molecule has 1 aromatic carbocycles. The molecule has 1 heterocycles. The molecule has 1 aromatic rings. The average molecular weight is 303 g/mol. The zero-order chi connectivity index (χ0) is 15.9. The van der Waals surface area contributed by atoms with Crippen LogP contribution in [0.1, 0.15) is 33.6 Å². The summed E-state index contributed by atoms with van der Waals surface area (Å²) in [5, 5.41) is 6.08. The van der Waals surface area contributed by atoms with Crippen LogP contribution in [0.2, 0.25) is 0 Å². The number of benzene rings is 1. The molecule has 0 bridgehead atoms. The fourth-order valence-corrected chi connectivity index (χ4v) is 2.70. The lowest BCUT2D eigenvalue weighted by Crippen LogP contribution is -2.32. The maximum absolute atomic E-state index is 11.8. The second kappa shape index (κ2) is 8.18. The second-order valence-corrected chi connectivity index (χ2v) is 6.79. The molecule has 0 saturated carbocycles. The van der Waals surface area contributed by atoms with Crippen LogP contribution in [0.3, 0.4) is 0 Å². The molecular formula is C18H29N3O. The van der Waals surface area contributed by atoms with Crippen molar-refractivity contribution >= 4 is 17.3 Å². The normalized spacial score (nSPS) is 16.1. The van der Waals surface area contributed by atoms with Crippen LogP contribution in [0.15, 0.2) is 24.3 Å². The van der Waals surface area contributed by atoms with E-state index in [1.165, 1.54) is 18.5 Å². The van der Waals surface area contributed by atoms with Crippen molar-refractivity contribution in [1.29, 1.82) is 0 Å². The van der Waals surface area contributed by atoms with E-state index in [1.54, 1.807) is 0 Å². The van der Waals surface area contributed by atoms with E-state index in [2.05, 4.69) is 48.4 Å². The van der Waals surface area contributed by atoms with Crippen LogP contribution in [0.4, 0.5) is 11.4 Å². The summed E-state index contributed by atoms with van der Waals surface area (Å²) in [4.78, 5) is 14.3. The van der Waals surface area contributed by atoms with Crippen molar-refractivity contribution < 1.29 is 4.79 Å². The number of carbonyl (C=O) groups is 1. The monoisotopic (exact) mass is 303 g/mol. The highest BCUT2D eigenvalue weighted by molar-refractivity contribution is 5.92. The van der Waals surface area contributed by atoms with Crippen molar-refractivity contribution in [1.82, 2.24) is 5.32 Å². The molecule has 0 aromatic heterocycles. The van der Waals surface area contributed by atoms with Crippen LogP contribution in [0.25, 0.3) is 0 Å². The summed E-state index contributed by atoms with van der Waals surface area (Å²) in [7, 11) is 0. The van der Waals surface area contributed by atoms with Gasteiger partial charge in [-0.15, -0.1) is 0 Å². The van der Waals surface area contributed by atoms with Crippen molar-refractivity contribution in [2.24, 2.45) is 11.8 Å². The first-order chi connectivity index (χ1) is 10.5. The van der Waals surface area contributed by atoms with Crippen LogP contribution in [-0.2, 0) is 4.79 Å². The van der Waals surface area contributed by atoms with E-state index in [9.17, 15) is 4.79 Å². The van der Waals surface area contributed by atoms with Gasteiger partial charge in [0.2, 0.25) is 5.91 Å². The predicted octanol–water partition coefficient (Wildman–Crippen LogP) is 3.11. The molecule has 4 heteroatoms. The van der Waals surface area contributed by atoms with Gasteiger partial charge in [0.05, 0.1) is 6.54 Å². The Balaban J connectivity index is 1.80. The van der Waals surface area contributed by atoms with Crippen LogP contribution in [-0.4, -0.2) is 32.1 Å². The fraction of sp³-hybridized carbons (Fsp3) is 0.611. The molecule has 2 rings (SSSR count). The lowest BCUT2D eigenvalue weighted by atomic mass is 9.99. The van der Waals surface area contributed by atoms with Crippen molar-refractivity contribution in [2.75, 3.05) is 36.4 Å². The van der Waals surface area contributed by atoms with Crippen molar-refractivity contribution in [3.8, 4) is 0 Å². The lowest BCUT2D eigenvalue weighted by molar-refractivity contribution is -0.115. The lowest BCUT2D eigenvalue weighted by Gasteiger charge is -2.32. The van der Waals surface area contributed by atoms with E-state index >= 15 is 0 Å². The third-order valence-corrected chi connectivity index (χ3v) is 4.14. The smallest absolute Gasteiger partial charge is 0.238 e. The number of nitrogens with one attached hydrogen (secondary N) is 2. The van der Waals surface area contributed by atoms with Crippen LogP contribution >= 0.6 is 0 Å². The Labute approximate surface area is 134 Å². The Bertz CT molecular complexity index is 462. The Kier molecular flexibility index (Phi) is 6.25. The number of piperidine rings is 1. The summed E-state index contributed by atoms with van der Waals surface area (Å²) >= 11 is 0. The minimum absolute atomic E-state index is 0.0141. The summed E-state index contributed by atoms with van der Waals surface area (Å²) < 4.78 is 0.